The molecule has 0 bridgehead atoms. The molecule has 0 aliphatic carbocycles. The number of carbonyl (C=O) groups excluding carboxylic acids is 3. The summed E-state index contributed by atoms with van der Waals surface area (Å²) in [7, 11) is 3.16. The Hall–Kier alpha value is -1.63. The molecule has 2 atom stereocenters. The molecule has 0 radical (unpaired) electrons. The standard InChI is InChI=1S/C14H25N3O4/c1-4-21-14(20)11-6-5-7-17(8-11)10-13(19)16(3)9-12(18)15-2/h11H,4-10H2,1-3H3,(H,15,18)/p+1/t11-/m0/s1. The molecule has 1 aliphatic rings. The Morgan fingerprint density at radius 2 is 2.10 bits per heavy atom. The van der Waals surface area contributed by atoms with Crippen LogP contribution in [0.1, 0.15) is 19.8 Å². The first-order valence-corrected chi connectivity index (χ1v) is 7.42. The number of carbonyl (C=O) groups is 3. The largest absolute Gasteiger partial charge is 0.466 e. The van der Waals surface area contributed by atoms with Crippen molar-refractivity contribution < 1.29 is 24.0 Å². The summed E-state index contributed by atoms with van der Waals surface area (Å²) in [5.41, 5.74) is 0. The maximum Gasteiger partial charge on any atom is 0.314 e. The first kappa shape index (κ1) is 17.4. The van der Waals surface area contributed by atoms with Crippen LogP contribution in [0.3, 0.4) is 0 Å². The van der Waals surface area contributed by atoms with E-state index >= 15 is 0 Å². The summed E-state index contributed by atoms with van der Waals surface area (Å²) in [4.78, 5) is 37.6. The number of hydrogen-bond acceptors (Lipinski definition) is 4. The minimum atomic E-state index is -0.191. The molecule has 1 unspecified atom stereocenters. The van der Waals surface area contributed by atoms with Crippen LogP contribution >= 0.6 is 0 Å². The van der Waals surface area contributed by atoms with E-state index in [2.05, 4.69) is 5.32 Å². The quantitative estimate of drug-likeness (QED) is 0.559. The molecule has 1 aliphatic heterocycles. The lowest BCUT2D eigenvalue weighted by Gasteiger charge is -2.29. The molecule has 0 saturated carbocycles. The van der Waals surface area contributed by atoms with E-state index < -0.39 is 0 Å². The molecule has 7 heteroatoms. The second-order valence-electron chi connectivity index (χ2n) is 5.40. The van der Waals surface area contributed by atoms with E-state index in [1.807, 2.05) is 0 Å². The molecule has 1 heterocycles. The third-order valence-corrected chi connectivity index (χ3v) is 3.72. The van der Waals surface area contributed by atoms with Gasteiger partial charge in [0.05, 0.1) is 26.2 Å². The minimum Gasteiger partial charge on any atom is -0.466 e. The fraction of sp³-hybridized carbons (Fsp3) is 0.786. The summed E-state index contributed by atoms with van der Waals surface area (Å²) in [5, 5.41) is 2.49. The predicted molar refractivity (Wildman–Crippen MR) is 76.6 cm³/mol. The van der Waals surface area contributed by atoms with Crippen LogP contribution in [0.4, 0.5) is 0 Å². The maximum atomic E-state index is 12.1. The molecule has 0 aromatic rings. The van der Waals surface area contributed by atoms with Crippen molar-refractivity contribution in [3.05, 3.63) is 0 Å². The monoisotopic (exact) mass is 300 g/mol. The van der Waals surface area contributed by atoms with Crippen molar-refractivity contribution in [3.8, 4) is 0 Å². The zero-order valence-electron chi connectivity index (χ0n) is 13.1. The van der Waals surface area contributed by atoms with Crippen molar-refractivity contribution in [3.63, 3.8) is 0 Å². The number of quaternary nitrogens is 1. The van der Waals surface area contributed by atoms with Gasteiger partial charge in [0.2, 0.25) is 5.91 Å². The smallest absolute Gasteiger partial charge is 0.314 e. The molecular formula is C14H26N3O4+. The number of amides is 2. The van der Waals surface area contributed by atoms with E-state index in [9.17, 15) is 14.4 Å². The lowest BCUT2D eigenvalue weighted by Crippen LogP contribution is -3.14. The summed E-state index contributed by atoms with van der Waals surface area (Å²) in [6.45, 7) is 4.04. The average molecular weight is 300 g/mol. The molecule has 1 fully saturated rings. The van der Waals surface area contributed by atoms with Gasteiger partial charge in [-0.2, -0.15) is 0 Å². The van der Waals surface area contributed by atoms with Crippen LogP contribution in [0.2, 0.25) is 0 Å². The average Bonchev–Trinajstić information content (AvgIpc) is 2.47. The normalized spacial score (nSPS) is 21.5. The molecule has 0 aromatic carbocycles. The summed E-state index contributed by atoms with van der Waals surface area (Å²) >= 11 is 0. The van der Waals surface area contributed by atoms with Gasteiger partial charge in [-0.1, -0.05) is 0 Å². The highest BCUT2D eigenvalue weighted by Gasteiger charge is 2.31. The molecular weight excluding hydrogens is 274 g/mol. The second kappa shape index (κ2) is 8.61. The number of hydrogen-bond donors (Lipinski definition) is 2. The van der Waals surface area contributed by atoms with Gasteiger partial charge in [0.1, 0.15) is 5.92 Å². The first-order chi connectivity index (χ1) is 9.97. The van der Waals surface area contributed by atoms with Gasteiger partial charge >= 0.3 is 5.97 Å². The van der Waals surface area contributed by atoms with Crippen molar-refractivity contribution in [1.29, 1.82) is 0 Å². The van der Waals surface area contributed by atoms with E-state index in [0.717, 1.165) is 24.3 Å². The third-order valence-electron chi connectivity index (χ3n) is 3.72. The molecule has 0 spiro atoms. The van der Waals surface area contributed by atoms with Crippen LogP contribution in [-0.2, 0) is 19.1 Å². The molecule has 21 heavy (non-hydrogen) atoms. The van der Waals surface area contributed by atoms with Crippen LogP contribution < -0.4 is 10.2 Å². The van der Waals surface area contributed by atoms with Crippen LogP contribution in [0.25, 0.3) is 0 Å². The lowest BCUT2D eigenvalue weighted by atomic mass is 9.98. The molecule has 2 N–H and O–H groups in total. The van der Waals surface area contributed by atoms with E-state index in [-0.39, 0.29) is 30.2 Å². The number of likely N-dealkylation sites (tertiary alicyclic amines) is 1. The van der Waals surface area contributed by atoms with Crippen molar-refractivity contribution in [2.24, 2.45) is 5.92 Å². The number of nitrogens with zero attached hydrogens (tertiary/aromatic N) is 1. The fourth-order valence-electron chi connectivity index (χ4n) is 2.50. The highest BCUT2D eigenvalue weighted by atomic mass is 16.5. The van der Waals surface area contributed by atoms with Crippen molar-refractivity contribution in [1.82, 2.24) is 10.2 Å². The molecule has 7 nitrogen and oxygen atoms in total. The van der Waals surface area contributed by atoms with Gasteiger partial charge in [0.25, 0.3) is 5.91 Å². The van der Waals surface area contributed by atoms with Gasteiger partial charge in [-0.05, 0) is 19.8 Å². The summed E-state index contributed by atoms with van der Waals surface area (Å²) < 4.78 is 5.05. The van der Waals surface area contributed by atoms with Crippen LogP contribution in [0.15, 0.2) is 0 Å². The Morgan fingerprint density at radius 1 is 1.38 bits per heavy atom. The van der Waals surface area contributed by atoms with Crippen molar-refractivity contribution in [2.75, 3.05) is 46.9 Å². The summed E-state index contributed by atoms with van der Waals surface area (Å²) in [6, 6.07) is 0. The number of esters is 1. The van der Waals surface area contributed by atoms with Crippen molar-refractivity contribution in [2.45, 2.75) is 19.8 Å². The maximum absolute atomic E-state index is 12.1. The number of likely N-dealkylation sites (N-methyl/N-ethyl adjacent to an activating group) is 2. The number of rotatable bonds is 6. The van der Waals surface area contributed by atoms with Crippen molar-refractivity contribution >= 4 is 17.8 Å². The zero-order chi connectivity index (χ0) is 15.8. The highest BCUT2D eigenvalue weighted by molar-refractivity contribution is 5.84. The molecule has 1 rings (SSSR count). The van der Waals surface area contributed by atoms with Gasteiger partial charge in [0, 0.05) is 14.1 Å². The molecule has 2 amide bonds. The lowest BCUT2D eigenvalue weighted by molar-refractivity contribution is -0.899. The van der Waals surface area contributed by atoms with Gasteiger partial charge in [-0.15, -0.1) is 0 Å². The Labute approximate surface area is 125 Å². The Morgan fingerprint density at radius 3 is 2.71 bits per heavy atom. The van der Waals surface area contributed by atoms with Gasteiger partial charge < -0.3 is 19.9 Å². The number of nitrogens with one attached hydrogen (secondary N) is 2. The van der Waals surface area contributed by atoms with Crippen LogP contribution in [0.5, 0.6) is 0 Å². The summed E-state index contributed by atoms with van der Waals surface area (Å²) in [6.07, 6.45) is 1.73. The molecule has 1 saturated heterocycles. The fourth-order valence-corrected chi connectivity index (χ4v) is 2.50. The van der Waals surface area contributed by atoms with Crippen LogP contribution in [-0.4, -0.2) is 69.6 Å². The molecule has 0 aromatic heterocycles. The summed E-state index contributed by atoms with van der Waals surface area (Å²) in [5.74, 6) is -0.561. The zero-order valence-corrected chi connectivity index (χ0v) is 13.1. The number of ether oxygens (including phenoxy) is 1. The Kier molecular flexibility index (Phi) is 7.14. The van der Waals surface area contributed by atoms with E-state index in [4.69, 9.17) is 4.74 Å². The highest BCUT2D eigenvalue weighted by Crippen LogP contribution is 2.09. The SMILES string of the molecule is CCOC(=O)[C@H]1CCC[NH+](CC(=O)N(C)CC(=O)NC)C1. The predicted octanol–water partition coefficient (Wildman–Crippen LogP) is -1.95. The molecule has 120 valence electrons. The van der Waals surface area contributed by atoms with Gasteiger partial charge in [-0.25, -0.2) is 0 Å². The van der Waals surface area contributed by atoms with E-state index in [1.165, 1.54) is 4.90 Å². The minimum absolute atomic E-state index is 0.0594. The Bertz CT molecular complexity index is 386. The van der Waals surface area contributed by atoms with E-state index in [0.29, 0.717) is 19.7 Å². The van der Waals surface area contributed by atoms with Gasteiger partial charge in [0.15, 0.2) is 6.54 Å². The van der Waals surface area contributed by atoms with Gasteiger partial charge in [-0.3, -0.25) is 14.4 Å². The second-order valence-corrected chi connectivity index (χ2v) is 5.40. The first-order valence-electron chi connectivity index (χ1n) is 7.42. The topological polar surface area (TPSA) is 80.2 Å². The third kappa shape index (κ3) is 5.71. The van der Waals surface area contributed by atoms with E-state index in [1.54, 1.807) is 21.0 Å². The number of piperidine rings is 1. The van der Waals surface area contributed by atoms with Crippen LogP contribution in [0, 0.1) is 5.92 Å². The Balaban J connectivity index is 2.44.